The maximum atomic E-state index is 13.5. The van der Waals surface area contributed by atoms with Gasteiger partial charge in [0.1, 0.15) is 5.75 Å². The molecule has 0 aliphatic heterocycles. The van der Waals surface area contributed by atoms with Crippen LogP contribution in [0.15, 0.2) is 71.8 Å². The maximum Gasteiger partial charge on any atom is 0.418 e. The molecule has 0 spiro atoms. The predicted molar refractivity (Wildman–Crippen MR) is 137 cm³/mol. The Morgan fingerprint density at radius 3 is 2.47 bits per heavy atom. The summed E-state index contributed by atoms with van der Waals surface area (Å²) in [6.07, 6.45) is -3.13. The van der Waals surface area contributed by atoms with Crippen molar-refractivity contribution >= 4 is 56.3 Å². The number of nitrogens with one attached hydrogen (secondary N) is 2. The van der Waals surface area contributed by atoms with Gasteiger partial charge >= 0.3 is 6.18 Å². The molecule has 0 saturated carbocycles. The average molecular weight is 560 g/mol. The number of anilines is 2. The van der Waals surface area contributed by atoms with Crippen molar-refractivity contribution in [1.29, 1.82) is 0 Å². The van der Waals surface area contributed by atoms with Gasteiger partial charge in [-0.05, 0) is 55.1 Å². The molecule has 1 aromatic heterocycles. The number of benzene rings is 3. The first kappa shape index (κ1) is 27.7. The van der Waals surface area contributed by atoms with E-state index in [-0.39, 0.29) is 33.7 Å². The second kappa shape index (κ2) is 10.6. The first-order valence-electron chi connectivity index (χ1n) is 10.4. The van der Waals surface area contributed by atoms with Crippen LogP contribution in [-0.4, -0.2) is 26.5 Å². The predicted octanol–water partition coefficient (Wildman–Crippen LogP) is 6.44. The summed E-state index contributed by atoms with van der Waals surface area (Å²) in [5, 5.41) is 6.35. The lowest BCUT2D eigenvalue weighted by molar-refractivity contribution is -0.136. The first-order chi connectivity index (χ1) is 16.5. The lowest BCUT2D eigenvalue weighted by Crippen LogP contribution is -2.12. The van der Waals surface area contributed by atoms with Gasteiger partial charge in [0.05, 0.1) is 28.8 Å². The number of ether oxygens (including phenoxy) is 1. The van der Waals surface area contributed by atoms with Crippen molar-refractivity contribution in [2.75, 3.05) is 19.5 Å². The molecule has 0 aliphatic rings. The standard InChI is InChI=1S/C24H21ClF3N3O3S.ClH/c1-29-13-15-14-31(35(32,33)19-5-3-4-18(12-19)34-2)23-11-17(7-8-20(15)23)30-22-9-6-16(25)10-21(22)24(26,27)28;/h3-12,14,29-30H,13H2,1-2H3;1H. The fourth-order valence-corrected chi connectivity index (χ4v) is 5.36. The summed E-state index contributed by atoms with van der Waals surface area (Å²) >= 11 is 5.77. The molecule has 2 N–H and O–H groups in total. The first-order valence-corrected chi connectivity index (χ1v) is 12.2. The van der Waals surface area contributed by atoms with Gasteiger partial charge in [0.15, 0.2) is 0 Å². The molecule has 0 amide bonds. The van der Waals surface area contributed by atoms with E-state index in [4.69, 9.17) is 16.3 Å². The third-order valence-corrected chi connectivity index (χ3v) is 7.29. The van der Waals surface area contributed by atoms with Gasteiger partial charge in [-0.2, -0.15) is 13.2 Å². The summed E-state index contributed by atoms with van der Waals surface area (Å²) in [4.78, 5) is 0.0141. The van der Waals surface area contributed by atoms with Crippen LogP contribution in [0.25, 0.3) is 10.9 Å². The van der Waals surface area contributed by atoms with Crippen LogP contribution < -0.4 is 15.4 Å². The van der Waals surface area contributed by atoms with E-state index < -0.39 is 21.8 Å². The van der Waals surface area contributed by atoms with E-state index in [1.165, 1.54) is 43.6 Å². The molecule has 0 atom stereocenters. The molecule has 0 fully saturated rings. The number of rotatable bonds is 7. The Morgan fingerprint density at radius 2 is 1.81 bits per heavy atom. The van der Waals surface area contributed by atoms with Crippen molar-refractivity contribution < 1.29 is 26.3 Å². The Hall–Kier alpha value is -2.92. The van der Waals surface area contributed by atoms with Crippen LogP contribution in [-0.2, 0) is 22.7 Å². The van der Waals surface area contributed by atoms with Gasteiger partial charge < -0.3 is 15.4 Å². The molecule has 12 heteroatoms. The maximum absolute atomic E-state index is 13.5. The normalized spacial score (nSPS) is 11.8. The molecule has 0 bridgehead atoms. The molecule has 36 heavy (non-hydrogen) atoms. The number of alkyl halides is 3. The van der Waals surface area contributed by atoms with E-state index in [9.17, 15) is 21.6 Å². The van der Waals surface area contributed by atoms with E-state index in [1.807, 2.05) is 0 Å². The molecule has 6 nitrogen and oxygen atoms in total. The molecule has 192 valence electrons. The number of hydrogen-bond donors (Lipinski definition) is 2. The lowest BCUT2D eigenvalue weighted by atomic mass is 10.1. The van der Waals surface area contributed by atoms with Crippen LogP contribution in [0.5, 0.6) is 5.75 Å². The molecule has 0 saturated heterocycles. The zero-order chi connectivity index (χ0) is 25.4. The number of fused-ring (bicyclic) bond motifs is 1. The SMILES string of the molecule is CNCc1cn(S(=O)(=O)c2cccc(OC)c2)c2cc(Nc3ccc(Cl)cc3C(F)(F)F)ccc12.Cl. The second-order valence-electron chi connectivity index (χ2n) is 7.71. The summed E-state index contributed by atoms with van der Waals surface area (Å²) in [5.41, 5.74) is 0.168. The van der Waals surface area contributed by atoms with Gasteiger partial charge in [-0.15, -0.1) is 12.4 Å². The van der Waals surface area contributed by atoms with Gasteiger partial charge in [-0.1, -0.05) is 23.7 Å². The minimum atomic E-state index is -4.63. The molecule has 0 unspecified atom stereocenters. The van der Waals surface area contributed by atoms with Gasteiger partial charge in [-0.25, -0.2) is 12.4 Å². The Morgan fingerprint density at radius 1 is 1.06 bits per heavy atom. The highest BCUT2D eigenvalue weighted by Crippen LogP contribution is 2.38. The molecular weight excluding hydrogens is 538 g/mol. The van der Waals surface area contributed by atoms with Gasteiger partial charge in [0, 0.05) is 34.9 Å². The Bertz CT molecular complexity index is 1510. The highest BCUT2D eigenvalue weighted by molar-refractivity contribution is 7.90. The fraction of sp³-hybridized carbons (Fsp3) is 0.167. The number of methoxy groups -OCH3 is 1. The Labute approximate surface area is 217 Å². The van der Waals surface area contributed by atoms with Gasteiger partial charge in [-0.3, -0.25) is 0 Å². The summed E-state index contributed by atoms with van der Waals surface area (Å²) in [6, 6.07) is 14.2. The van der Waals surface area contributed by atoms with Crippen LogP contribution in [0.3, 0.4) is 0 Å². The molecule has 0 aliphatic carbocycles. The van der Waals surface area contributed by atoms with E-state index in [1.54, 1.807) is 31.3 Å². The zero-order valence-electron chi connectivity index (χ0n) is 19.1. The highest BCUT2D eigenvalue weighted by atomic mass is 35.5. The molecule has 1 heterocycles. The third-order valence-electron chi connectivity index (χ3n) is 5.39. The van der Waals surface area contributed by atoms with Crippen molar-refractivity contribution in [3.8, 4) is 5.75 Å². The molecule has 3 aromatic carbocycles. The summed E-state index contributed by atoms with van der Waals surface area (Å²) in [7, 11) is -0.871. The number of nitrogens with zero attached hydrogens (tertiary/aromatic N) is 1. The van der Waals surface area contributed by atoms with Gasteiger partial charge in [0.2, 0.25) is 0 Å². The van der Waals surface area contributed by atoms with Crippen molar-refractivity contribution in [2.45, 2.75) is 17.6 Å². The molecule has 4 aromatic rings. The largest absolute Gasteiger partial charge is 0.497 e. The van der Waals surface area contributed by atoms with Crippen molar-refractivity contribution in [3.05, 3.63) is 83.0 Å². The average Bonchev–Trinajstić information content (AvgIpc) is 3.18. The topological polar surface area (TPSA) is 72.4 Å². The van der Waals surface area contributed by atoms with E-state index in [0.717, 1.165) is 10.0 Å². The summed E-state index contributed by atoms with van der Waals surface area (Å²) < 4.78 is 74.0. The van der Waals surface area contributed by atoms with E-state index in [0.29, 0.717) is 28.8 Å². The number of aromatic nitrogens is 1. The van der Waals surface area contributed by atoms with Crippen molar-refractivity contribution in [1.82, 2.24) is 9.29 Å². The minimum Gasteiger partial charge on any atom is -0.497 e. The highest BCUT2D eigenvalue weighted by Gasteiger charge is 2.34. The monoisotopic (exact) mass is 559 g/mol. The van der Waals surface area contributed by atoms with Crippen LogP contribution in [0.4, 0.5) is 24.5 Å². The molecule has 0 radical (unpaired) electrons. The quantitative estimate of drug-likeness (QED) is 0.272. The molecule has 4 rings (SSSR count). The number of hydrogen-bond acceptors (Lipinski definition) is 5. The van der Waals surface area contributed by atoms with Gasteiger partial charge in [0.25, 0.3) is 10.0 Å². The third kappa shape index (κ3) is 5.41. The summed E-state index contributed by atoms with van der Waals surface area (Å²) in [6.45, 7) is 0.388. The summed E-state index contributed by atoms with van der Waals surface area (Å²) in [5.74, 6) is 0.378. The van der Waals surface area contributed by atoms with Crippen LogP contribution in [0.1, 0.15) is 11.1 Å². The van der Waals surface area contributed by atoms with E-state index in [2.05, 4.69) is 10.6 Å². The van der Waals surface area contributed by atoms with E-state index >= 15 is 0 Å². The van der Waals surface area contributed by atoms with Crippen molar-refractivity contribution in [2.24, 2.45) is 0 Å². The number of halogens is 5. The lowest BCUT2D eigenvalue weighted by Gasteiger charge is -2.15. The molecular formula is C24H22Cl2F3N3O3S. The Kier molecular flexibility index (Phi) is 8.14. The zero-order valence-corrected chi connectivity index (χ0v) is 21.4. The van der Waals surface area contributed by atoms with Crippen LogP contribution >= 0.6 is 24.0 Å². The van der Waals surface area contributed by atoms with Crippen molar-refractivity contribution in [3.63, 3.8) is 0 Å². The minimum absolute atomic E-state index is 0. The fourth-order valence-electron chi connectivity index (χ4n) is 3.76. The van der Waals surface area contributed by atoms with Crippen LogP contribution in [0.2, 0.25) is 5.02 Å². The smallest absolute Gasteiger partial charge is 0.418 e. The van der Waals surface area contributed by atoms with Crippen LogP contribution in [0, 0.1) is 0 Å². The Balaban J connectivity index is 0.00000361. The second-order valence-corrected chi connectivity index (χ2v) is 9.96.